The highest BCUT2D eigenvalue weighted by molar-refractivity contribution is 5.76. The first-order valence-electron chi connectivity index (χ1n) is 4.71. The number of aliphatic hydroxyl groups is 2. The molecular weight excluding hydrogens is 242 g/mol. The quantitative estimate of drug-likeness (QED) is 0.452. The lowest BCUT2D eigenvalue weighted by Crippen LogP contribution is -2.47. The van der Waals surface area contributed by atoms with Gasteiger partial charge in [0, 0.05) is 6.54 Å². The Labute approximate surface area is 95.6 Å². The van der Waals surface area contributed by atoms with Gasteiger partial charge in [-0.25, -0.2) is 18.4 Å². The van der Waals surface area contributed by atoms with Crippen molar-refractivity contribution < 1.29 is 33.7 Å². The summed E-state index contributed by atoms with van der Waals surface area (Å²) >= 11 is 0. The van der Waals surface area contributed by atoms with E-state index in [-0.39, 0.29) is 6.54 Å². The summed E-state index contributed by atoms with van der Waals surface area (Å²) in [6, 6.07) is -0.973. The van der Waals surface area contributed by atoms with Gasteiger partial charge in [-0.15, -0.1) is 0 Å². The van der Waals surface area contributed by atoms with Crippen molar-refractivity contribution in [1.82, 2.24) is 10.2 Å². The number of nitrogens with one attached hydrogen (secondary N) is 1. The molecule has 0 heterocycles. The third-order valence-electron chi connectivity index (χ3n) is 1.75. The Hall–Kier alpha value is -1.48. The van der Waals surface area contributed by atoms with E-state index >= 15 is 0 Å². The minimum atomic E-state index is -2.77. The normalized spacial score (nSPS) is 12.3. The standard InChI is InChI=1S/C8H14F2N2O5/c9-6(10)4-12(1-2-13)8(17)11-3-5(14)7(15)16/h5-6,13-14H,1-4H2,(H,11,17)(H,15,16)/t5-/m0/s1. The number of halogens is 2. The number of nitrogens with zero attached hydrogens (tertiary/aromatic N) is 1. The van der Waals surface area contributed by atoms with Crippen molar-refractivity contribution in [2.75, 3.05) is 26.2 Å². The van der Waals surface area contributed by atoms with Crippen molar-refractivity contribution in [3.8, 4) is 0 Å². The van der Waals surface area contributed by atoms with Gasteiger partial charge in [0.1, 0.15) is 0 Å². The summed E-state index contributed by atoms with van der Waals surface area (Å²) in [5, 5.41) is 27.7. The molecule has 0 aliphatic heterocycles. The first-order valence-corrected chi connectivity index (χ1v) is 4.71. The van der Waals surface area contributed by atoms with E-state index < -0.39 is 44.2 Å². The van der Waals surface area contributed by atoms with E-state index in [1.54, 1.807) is 0 Å². The maximum Gasteiger partial charge on any atom is 0.334 e. The lowest BCUT2D eigenvalue weighted by Gasteiger charge is -2.22. The number of hydrogen-bond donors (Lipinski definition) is 4. The van der Waals surface area contributed by atoms with Crippen LogP contribution in [0.4, 0.5) is 13.6 Å². The van der Waals surface area contributed by atoms with Crippen LogP contribution in [-0.4, -0.2) is 71.0 Å². The molecule has 0 bridgehead atoms. The molecule has 100 valence electrons. The second-order valence-electron chi connectivity index (χ2n) is 3.10. The Morgan fingerprint density at radius 2 is 1.94 bits per heavy atom. The van der Waals surface area contributed by atoms with Crippen LogP contribution in [0, 0.1) is 0 Å². The molecule has 0 fully saturated rings. The number of aliphatic hydroxyl groups excluding tert-OH is 2. The van der Waals surface area contributed by atoms with Gasteiger partial charge in [0.15, 0.2) is 6.10 Å². The fraction of sp³-hybridized carbons (Fsp3) is 0.750. The molecule has 0 aromatic rings. The second kappa shape index (κ2) is 7.74. The van der Waals surface area contributed by atoms with Gasteiger partial charge >= 0.3 is 12.0 Å². The van der Waals surface area contributed by atoms with Gasteiger partial charge in [-0.2, -0.15) is 0 Å². The zero-order valence-corrected chi connectivity index (χ0v) is 8.84. The van der Waals surface area contributed by atoms with Crippen molar-refractivity contribution in [2.24, 2.45) is 0 Å². The van der Waals surface area contributed by atoms with Gasteiger partial charge in [0.25, 0.3) is 6.43 Å². The number of carboxylic acid groups (broad SMARTS) is 1. The largest absolute Gasteiger partial charge is 0.479 e. The number of carboxylic acids is 1. The minimum Gasteiger partial charge on any atom is -0.479 e. The molecule has 0 unspecified atom stereocenters. The molecule has 0 aromatic carbocycles. The van der Waals surface area contributed by atoms with E-state index in [0.717, 1.165) is 0 Å². The molecule has 1 atom stereocenters. The van der Waals surface area contributed by atoms with E-state index in [1.807, 2.05) is 5.32 Å². The average molecular weight is 256 g/mol. The van der Waals surface area contributed by atoms with Gasteiger partial charge < -0.3 is 25.5 Å². The van der Waals surface area contributed by atoms with Crippen LogP contribution >= 0.6 is 0 Å². The second-order valence-corrected chi connectivity index (χ2v) is 3.10. The van der Waals surface area contributed by atoms with Crippen LogP contribution in [0.3, 0.4) is 0 Å². The molecule has 0 aromatic heterocycles. The van der Waals surface area contributed by atoms with E-state index in [9.17, 15) is 18.4 Å². The van der Waals surface area contributed by atoms with Crippen LogP contribution in [0.1, 0.15) is 0 Å². The molecule has 0 spiro atoms. The summed E-state index contributed by atoms with van der Waals surface area (Å²) in [6.45, 7) is -2.28. The highest BCUT2D eigenvalue weighted by atomic mass is 19.3. The summed E-state index contributed by atoms with van der Waals surface area (Å²) in [4.78, 5) is 22.1. The number of aliphatic carboxylic acids is 1. The zero-order valence-electron chi connectivity index (χ0n) is 8.84. The van der Waals surface area contributed by atoms with Crippen LogP contribution in [0.2, 0.25) is 0 Å². The number of carbonyl (C=O) groups is 2. The van der Waals surface area contributed by atoms with E-state index in [4.69, 9.17) is 15.3 Å². The minimum absolute atomic E-state index is 0.306. The highest BCUT2D eigenvalue weighted by Crippen LogP contribution is 1.98. The Morgan fingerprint density at radius 1 is 1.35 bits per heavy atom. The fourth-order valence-corrected chi connectivity index (χ4v) is 0.946. The third-order valence-corrected chi connectivity index (χ3v) is 1.75. The Bertz CT molecular complexity index is 264. The molecule has 4 N–H and O–H groups in total. The number of amides is 2. The fourth-order valence-electron chi connectivity index (χ4n) is 0.946. The van der Waals surface area contributed by atoms with Crippen molar-refractivity contribution in [3.05, 3.63) is 0 Å². The average Bonchev–Trinajstić information content (AvgIpc) is 2.23. The molecule has 0 saturated carbocycles. The first kappa shape index (κ1) is 15.5. The van der Waals surface area contributed by atoms with Crippen LogP contribution in [0.15, 0.2) is 0 Å². The van der Waals surface area contributed by atoms with Crippen LogP contribution < -0.4 is 5.32 Å². The molecule has 0 aliphatic rings. The summed E-state index contributed by atoms with van der Waals surface area (Å²) in [7, 11) is 0. The Morgan fingerprint density at radius 3 is 2.35 bits per heavy atom. The lowest BCUT2D eigenvalue weighted by molar-refractivity contribution is -0.146. The molecule has 0 saturated heterocycles. The highest BCUT2D eigenvalue weighted by Gasteiger charge is 2.20. The molecule has 0 rings (SSSR count). The van der Waals surface area contributed by atoms with E-state index in [1.165, 1.54) is 0 Å². The Kier molecular flexibility index (Phi) is 7.06. The molecule has 2 amide bonds. The summed E-state index contributed by atoms with van der Waals surface area (Å²) in [6.07, 6.45) is -4.57. The molecule has 7 nitrogen and oxygen atoms in total. The van der Waals surface area contributed by atoms with E-state index in [2.05, 4.69) is 0 Å². The molecular formula is C8H14F2N2O5. The van der Waals surface area contributed by atoms with Crippen molar-refractivity contribution in [2.45, 2.75) is 12.5 Å². The van der Waals surface area contributed by atoms with Crippen molar-refractivity contribution >= 4 is 12.0 Å². The smallest absolute Gasteiger partial charge is 0.334 e. The van der Waals surface area contributed by atoms with Crippen molar-refractivity contribution in [1.29, 1.82) is 0 Å². The maximum absolute atomic E-state index is 12.0. The predicted octanol–water partition coefficient (Wildman–Crippen LogP) is -1.30. The van der Waals surface area contributed by atoms with Crippen LogP contribution in [0.25, 0.3) is 0 Å². The molecule has 0 aliphatic carbocycles. The SMILES string of the molecule is O=C(O)[C@@H](O)CNC(=O)N(CCO)CC(F)F. The maximum atomic E-state index is 12.0. The van der Waals surface area contributed by atoms with Gasteiger partial charge in [-0.3, -0.25) is 0 Å². The topological polar surface area (TPSA) is 110 Å². The molecule has 0 radical (unpaired) electrons. The lowest BCUT2D eigenvalue weighted by atomic mass is 10.3. The van der Waals surface area contributed by atoms with Gasteiger partial charge in [-0.05, 0) is 0 Å². The summed E-state index contributed by atoms with van der Waals surface area (Å²) in [5.41, 5.74) is 0. The van der Waals surface area contributed by atoms with Gasteiger partial charge in [-0.1, -0.05) is 0 Å². The van der Waals surface area contributed by atoms with E-state index in [0.29, 0.717) is 4.90 Å². The van der Waals surface area contributed by atoms with Crippen molar-refractivity contribution in [3.63, 3.8) is 0 Å². The number of urea groups is 1. The van der Waals surface area contributed by atoms with Gasteiger partial charge in [0.05, 0.1) is 19.7 Å². The predicted molar refractivity (Wildman–Crippen MR) is 51.7 cm³/mol. The van der Waals surface area contributed by atoms with Crippen LogP contribution in [-0.2, 0) is 4.79 Å². The first-order chi connectivity index (χ1) is 7.88. The number of alkyl halides is 2. The number of carbonyl (C=O) groups excluding carboxylic acids is 1. The third kappa shape index (κ3) is 6.64. The number of rotatable bonds is 7. The zero-order chi connectivity index (χ0) is 13.4. The Balaban J connectivity index is 4.18. The van der Waals surface area contributed by atoms with Crippen LogP contribution in [0.5, 0.6) is 0 Å². The monoisotopic (exact) mass is 256 g/mol. The summed E-state index contributed by atoms with van der Waals surface area (Å²) in [5.74, 6) is -1.53. The van der Waals surface area contributed by atoms with Gasteiger partial charge in [0.2, 0.25) is 0 Å². The number of hydrogen-bond acceptors (Lipinski definition) is 4. The summed E-state index contributed by atoms with van der Waals surface area (Å²) < 4.78 is 24.1. The molecule has 9 heteroatoms. The molecule has 17 heavy (non-hydrogen) atoms.